The van der Waals surface area contributed by atoms with E-state index in [2.05, 4.69) is 15.6 Å². The molecule has 7 nitrogen and oxygen atoms in total. The molecular weight excluding hydrogens is 356 g/mol. The molecule has 0 bridgehead atoms. The third kappa shape index (κ3) is 7.86. The average Bonchev–Trinajstić information content (AvgIpc) is 3.22. The van der Waals surface area contributed by atoms with Crippen LogP contribution in [0.15, 0.2) is 29.3 Å². The molecule has 1 aliphatic heterocycles. The minimum absolute atomic E-state index is 0.0222. The maximum absolute atomic E-state index is 12.1. The molecular formula is C21H34N4O3. The van der Waals surface area contributed by atoms with E-state index in [1.54, 1.807) is 26.0 Å². The van der Waals surface area contributed by atoms with E-state index in [1.807, 2.05) is 24.3 Å². The summed E-state index contributed by atoms with van der Waals surface area (Å²) in [5.74, 6) is 0.800. The predicted octanol–water partition coefficient (Wildman–Crippen LogP) is 1.68. The molecule has 0 aliphatic carbocycles. The van der Waals surface area contributed by atoms with Crippen molar-refractivity contribution in [1.29, 1.82) is 0 Å². The van der Waals surface area contributed by atoms with E-state index in [0.717, 1.165) is 63.5 Å². The van der Waals surface area contributed by atoms with Gasteiger partial charge in [0.1, 0.15) is 0 Å². The molecule has 1 saturated heterocycles. The topological polar surface area (TPSA) is 75.2 Å². The summed E-state index contributed by atoms with van der Waals surface area (Å²) in [5.41, 5.74) is 1.84. The fourth-order valence-corrected chi connectivity index (χ4v) is 3.04. The van der Waals surface area contributed by atoms with Crippen molar-refractivity contribution < 1.29 is 14.3 Å². The van der Waals surface area contributed by atoms with Gasteiger partial charge in [0.05, 0.1) is 12.7 Å². The molecule has 156 valence electrons. The molecule has 0 aromatic heterocycles. The Kier molecular flexibility index (Phi) is 9.79. The Morgan fingerprint density at radius 3 is 2.86 bits per heavy atom. The molecule has 1 amide bonds. The van der Waals surface area contributed by atoms with Gasteiger partial charge in [0.2, 0.25) is 0 Å². The molecule has 1 unspecified atom stereocenters. The van der Waals surface area contributed by atoms with Gasteiger partial charge in [-0.1, -0.05) is 12.1 Å². The molecule has 28 heavy (non-hydrogen) atoms. The molecule has 0 spiro atoms. The van der Waals surface area contributed by atoms with Gasteiger partial charge >= 0.3 is 0 Å². The largest absolute Gasteiger partial charge is 0.379 e. The van der Waals surface area contributed by atoms with Gasteiger partial charge in [-0.3, -0.25) is 9.79 Å². The fourth-order valence-electron chi connectivity index (χ4n) is 3.04. The second-order valence-electron chi connectivity index (χ2n) is 7.14. The molecule has 2 N–H and O–H groups in total. The van der Waals surface area contributed by atoms with Gasteiger partial charge < -0.3 is 25.0 Å². The van der Waals surface area contributed by atoms with E-state index in [9.17, 15) is 4.79 Å². The van der Waals surface area contributed by atoms with Gasteiger partial charge in [0, 0.05) is 53.0 Å². The number of nitrogens with one attached hydrogen (secondary N) is 2. The maximum atomic E-state index is 12.1. The Morgan fingerprint density at radius 1 is 1.32 bits per heavy atom. The Hall–Kier alpha value is -2.12. The highest BCUT2D eigenvalue weighted by Gasteiger charge is 2.14. The number of amides is 1. The van der Waals surface area contributed by atoms with Crippen LogP contribution >= 0.6 is 0 Å². The summed E-state index contributed by atoms with van der Waals surface area (Å²) in [6, 6.07) is 7.76. The lowest BCUT2D eigenvalue weighted by Crippen LogP contribution is -2.39. The first-order chi connectivity index (χ1) is 13.6. The first-order valence-electron chi connectivity index (χ1n) is 10.0. The van der Waals surface area contributed by atoms with Crippen molar-refractivity contribution >= 4 is 11.9 Å². The second kappa shape index (κ2) is 12.4. The summed E-state index contributed by atoms with van der Waals surface area (Å²) >= 11 is 0. The van der Waals surface area contributed by atoms with Gasteiger partial charge in [0.15, 0.2) is 5.96 Å². The van der Waals surface area contributed by atoms with Crippen LogP contribution in [-0.2, 0) is 15.9 Å². The van der Waals surface area contributed by atoms with E-state index in [4.69, 9.17) is 9.47 Å². The smallest absolute Gasteiger partial charge is 0.253 e. The summed E-state index contributed by atoms with van der Waals surface area (Å²) in [4.78, 5) is 17.9. The normalized spacial score (nSPS) is 16.8. The quantitative estimate of drug-likeness (QED) is 0.361. The number of hydrogen-bond acceptors (Lipinski definition) is 4. The molecule has 7 heteroatoms. The van der Waals surface area contributed by atoms with Crippen LogP contribution in [0.5, 0.6) is 0 Å². The highest BCUT2D eigenvalue weighted by molar-refractivity contribution is 5.94. The molecule has 0 radical (unpaired) electrons. The van der Waals surface area contributed by atoms with Gasteiger partial charge in [0.25, 0.3) is 5.91 Å². The minimum atomic E-state index is 0.0222. The molecule has 1 aromatic rings. The van der Waals surface area contributed by atoms with Crippen LogP contribution < -0.4 is 10.6 Å². The van der Waals surface area contributed by atoms with Crippen molar-refractivity contribution in [2.45, 2.75) is 31.8 Å². The van der Waals surface area contributed by atoms with Crippen LogP contribution in [0.4, 0.5) is 0 Å². The number of ether oxygens (including phenoxy) is 2. The van der Waals surface area contributed by atoms with E-state index >= 15 is 0 Å². The third-order valence-electron chi connectivity index (χ3n) is 4.60. The van der Waals surface area contributed by atoms with Crippen LogP contribution in [0.25, 0.3) is 0 Å². The van der Waals surface area contributed by atoms with E-state index < -0.39 is 0 Å². The van der Waals surface area contributed by atoms with Crippen molar-refractivity contribution in [2.75, 3.05) is 54.1 Å². The summed E-state index contributed by atoms with van der Waals surface area (Å²) in [5, 5.41) is 6.60. The number of guanidine groups is 1. The van der Waals surface area contributed by atoms with Crippen molar-refractivity contribution in [3.05, 3.63) is 35.4 Å². The molecule has 1 aliphatic rings. The summed E-state index contributed by atoms with van der Waals surface area (Å²) in [6.45, 7) is 3.83. The highest BCUT2D eigenvalue weighted by atomic mass is 16.5. The van der Waals surface area contributed by atoms with Gasteiger partial charge in [-0.15, -0.1) is 0 Å². The number of hydrogen-bond donors (Lipinski definition) is 2. The Morgan fingerprint density at radius 2 is 2.14 bits per heavy atom. The van der Waals surface area contributed by atoms with Crippen molar-refractivity contribution in [2.24, 2.45) is 4.99 Å². The van der Waals surface area contributed by atoms with Gasteiger partial charge in [-0.05, 0) is 43.4 Å². The second-order valence-corrected chi connectivity index (χ2v) is 7.14. The number of aliphatic imine (C=N–C) groups is 1. The Labute approximate surface area is 168 Å². The number of nitrogens with zero attached hydrogens (tertiary/aromatic N) is 2. The van der Waals surface area contributed by atoms with E-state index in [1.165, 1.54) is 0 Å². The SMILES string of the molecule is CN=C(NCCCOCC1CCCO1)NCCc1cccc(C(=O)N(C)C)c1. The monoisotopic (exact) mass is 390 g/mol. The van der Waals surface area contributed by atoms with Crippen molar-refractivity contribution in [3.63, 3.8) is 0 Å². The van der Waals surface area contributed by atoms with E-state index in [0.29, 0.717) is 12.2 Å². The van der Waals surface area contributed by atoms with Crippen LogP contribution in [0.3, 0.4) is 0 Å². The first-order valence-corrected chi connectivity index (χ1v) is 10.0. The Bertz CT molecular complexity index is 628. The highest BCUT2D eigenvalue weighted by Crippen LogP contribution is 2.11. The number of benzene rings is 1. The lowest BCUT2D eigenvalue weighted by molar-refractivity contribution is 0.0168. The first kappa shape index (κ1) is 22.2. The van der Waals surface area contributed by atoms with Crippen LogP contribution in [0.2, 0.25) is 0 Å². The summed E-state index contributed by atoms with van der Waals surface area (Å²) in [6.07, 6.45) is 4.28. The third-order valence-corrected chi connectivity index (χ3v) is 4.60. The molecule has 1 atom stereocenters. The standard InChI is InChI=1S/C21H34N4O3/c1-22-21(23-11-6-13-27-16-19-9-5-14-28-19)24-12-10-17-7-4-8-18(15-17)20(26)25(2)3/h4,7-8,15,19H,5-6,9-14,16H2,1-3H3,(H2,22,23,24). The Balaban J connectivity index is 1.60. The molecule has 2 rings (SSSR count). The summed E-state index contributed by atoms with van der Waals surface area (Å²) < 4.78 is 11.2. The summed E-state index contributed by atoms with van der Waals surface area (Å²) in [7, 11) is 5.29. The van der Waals surface area contributed by atoms with Gasteiger partial charge in [-0.25, -0.2) is 0 Å². The van der Waals surface area contributed by atoms with Crippen molar-refractivity contribution in [3.8, 4) is 0 Å². The van der Waals surface area contributed by atoms with Crippen LogP contribution in [0.1, 0.15) is 35.2 Å². The minimum Gasteiger partial charge on any atom is -0.379 e. The maximum Gasteiger partial charge on any atom is 0.253 e. The van der Waals surface area contributed by atoms with Crippen LogP contribution in [-0.4, -0.2) is 76.9 Å². The molecule has 1 fully saturated rings. The number of carbonyl (C=O) groups excluding carboxylic acids is 1. The zero-order valence-corrected chi connectivity index (χ0v) is 17.4. The zero-order valence-electron chi connectivity index (χ0n) is 17.4. The van der Waals surface area contributed by atoms with E-state index in [-0.39, 0.29) is 12.0 Å². The molecule has 0 saturated carbocycles. The van der Waals surface area contributed by atoms with Crippen LogP contribution in [0, 0.1) is 0 Å². The fraction of sp³-hybridized carbons (Fsp3) is 0.619. The zero-order chi connectivity index (χ0) is 20.2. The number of rotatable bonds is 10. The lowest BCUT2D eigenvalue weighted by Gasteiger charge is -2.14. The predicted molar refractivity (Wildman–Crippen MR) is 112 cm³/mol. The van der Waals surface area contributed by atoms with Crippen molar-refractivity contribution in [1.82, 2.24) is 15.5 Å². The lowest BCUT2D eigenvalue weighted by atomic mass is 10.1. The molecule has 1 aromatic carbocycles. The average molecular weight is 391 g/mol. The number of carbonyl (C=O) groups is 1. The molecule has 1 heterocycles. The van der Waals surface area contributed by atoms with Gasteiger partial charge in [-0.2, -0.15) is 0 Å².